The predicted molar refractivity (Wildman–Crippen MR) is 53.6 cm³/mol. The van der Waals surface area contributed by atoms with Gasteiger partial charge in [-0.3, -0.25) is 0 Å². The molecule has 0 amide bonds. The van der Waals surface area contributed by atoms with Crippen LogP contribution in [0.15, 0.2) is 0 Å². The topological polar surface area (TPSA) is 0 Å². The van der Waals surface area contributed by atoms with Gasteiger partial charge in [-0.2, -0.15) is 0 Å². The van der Waals surface area contributed by atoms with E-state index in [0.717, 1.165) is 19.3 Å². The van der Waals surface area contributed by atoms with Gasteiger partial charge in [-0.1, -0.05) is 13.8 Å². The predicted octanol–water partition coefficient (Wildman–Crippen LogP) is 3.75. The van der Waals surface area contributed by atoms with Crippen LogP contribution >= 0.6 is 0 Å². The summed E-state index contributed by atoms with van der Waals surface area (Å²) >= 11 is 0. The second-order valence-electron chi connectivity index (χ2n) is 5.43. The maximum absolute atomic E-state index is 13.9. The summed E-state index contributed by atoms with van der Waals surface area (Å²) in [4.78, 5) is 0. The van der Waals surface area contributed by atoms with E-state index < -0.39 is 12.3 Å². The third kappa shape index (κ3) is 1.68. The molecule has 2 aliphatic rings. The Labute approximate surface area is 85.1 Å². The fourth-order valence-electron chi connectivity index (χ4n) is 3.39. The molecule has 0 aromatic rings. The van der Waals surface area contributed by atoms with E-state index in [1.54, 1.807) is 0 Å². The van der Waals surface area contributed by atoms with Crippen LogP contribution in [0, 0.1) is 23.7 Å². The fourth-order valence-corrected chi connectivity index (χ4v) is 3.39. The van der Waals surface area contributed by atoms with Gasteiger partial charge >= 0.3 is 0 Å². The summed E-state index contributed by atoms with van der Waals surface area (Å²) in [6, 6.07) is 0. The van der Waals surface area contributed by atoms with E-state index in [4.69, 9.17) is 0 Å². The highest BCUT2D eigenvalue weighted by Gasteiger charge is 2.45. The molecular weight excluding hydrogens is 182 g/mol. The summed E-state index contributed by atoms with van der Waals surface area (Å²) < 4.78 is 27.6. The van der Waals surface area contributed by atoms with Crippen LogP contribution in [0.25, 0.3) is 0 Å². The maximum Gasteiger partial charge on any atom is 0.108 e. The molecule has 6 atom stereocenters. The van der Waals surface area contributed by atoms with Crippen molar-refractivity contribution in [1.29, 1.82) is 0 Å². The van der Waals surface area contributed by atoms with E-state index in [0.29, 0.717) is 18.3 Å². The molecule has 0 aliphatic heterocycles. The first-order valence-electron chi connectivity index (χ1n) is 5.87. The van der Waals surface area contributed by atoms with Crippen molar-refractivity contribution in [3.8, 4) is 0 Å². The van der Waals surface area contributed by atoms with Crippen molar-refractivity contribution in [2.75, 3.05) is 0 Å². The van der Waals surface area contributed by atoms with Crippen molar-refractivity contribution >= 4 is 0 Å². The zero-order chi connectivity index (χ0) is 10.3. The van der Waals surface area contributed by atoms with Crippen LogP contribution in [0.5, 0.6) is 0 Å². The van der Waals surface area contributed by atoms with Gasteiger partial charge in [0, 0.05) is 5.92 Å². The van der Waals surface area contributed by atoms with Gasteiger partial charge in [-0.25, -0.2) is 8.78 Å². The van der Waals surface area contributed by atoms with Crippen LogP contribution in [0.3, 0.4) is 0 Å². The second kappa shape index (κ2) is 3.79. The lowest BCUT2D eigenvalue weighted by Crippen LogP contribution is -2.45. The van der Waals surface area contributed by atoms with Gasteiger partial charge in [0.25, 0.3) is 0 Å². The highest BCUT2D eigenvalue weighted by atomic mass is 19.1. The Morgan fingerprint density at radius 3 is 2.43 bits per heavy atom. The molecule has 14 heavy (non-hydrogen) atoms. The molecule has 0 aromatic heterocycles. The first-order valence-corrected chi connectivity index (χ1v) is 5.87. The molecule has 0 N–H and O–H groups in total. The first kappa shape index (κ1) is 10.4. The molecule has 2 rings (SSSR count). The summed E-state index contributed by atoms with van der Waals surface area (Å²) in [6.07, 6.45) is 1.82. The highest BCUT2D eigenvalue weighted by molar-refractivity contribution is 4.94. The Balaban J connectivity index is 2.11. The molecule has 0 heterocycles. The van der Waals surface area contributed by atoms with E-state index >= 15 is 0 Å². The van der Waals surface area contributed by atoms with Crippen LogP contribution < -0.4 is 0 Å². The number of hydrogen-bond acceptors (Lipinski definition) is 0. The maximum atomic E-state index is 13.9. The Morgan fingerprint density at radius 2 is 1.71 bits per heavy atom. The van der Waals surface area contributed by atoms with E-state index in [1.165, 1.54) is 0 Å². The molecule has 0 nitrogen and oxygen atoms in total. The van der Waals surface area contributed by atoms with Crippen molar-refractivity contribution in [2.24, 2.45) is 23.7 Å². The molecule has 2 heteroatoms. The van der Waals surface area contributed by atoms with Gasteiger partial charge in [0.1, 0.15) is 12.3 Å². The van der Waals surface area contributed by atoms with E-state index in [9.17, 15) is 8.78 Å². The third-order valence-electron chi connectivity index (χ3n) is 4.20. The molecule has 6 unspecified atom stereocenters. The lowest BCUT2D eigenvalue weighted by atomic mass is 9.64. The Hall–Kier alpha value is -0.140. The van der Waals surface area contributed by atoms with Crippen molar-refractivity contribution < 1.29 is 8.78 Å². The summed E-state index contributed by atoms with van der Waals surface area (Å²) in [6.45, 7) is 4.01. The quantitative estimate of drug-likeness (QED) is 0.561. The monoisotopic (exact) mass is 202 g/mol. The van der Waals surface area contributed by atoms with E-state index in [2.05, 4.69) is 6.92 Å². The normalized spacial score (nSPS) is 54.0. The molecule has 2 fully saturated rings. The van der Waals surface area contributed by atoms with Crippen molar-refractivity contribution in [2.45, 2.75) is 51.9 Å². The minimum atomic E-state index is -0.892. The smallest absolute Gasteiger partial charge is 0.108 e. The van der Waals surface area contributed by atoms with Crippen LogP contribution in [0.4, 0.5) is 8.78 Å². The van der Waals surface area contributed by atoms with Gasteiger partial charge in [0.2, 0.25) is 0 Å². The summed E-state index contributed by atoms with van der Waals surface area (Å²) in [5.74, 6) is 0.560. The van der Waals surface area contributed by atoms with Crippen LogP contribution in [0.2, 0.25) is 0 Å². The summed E-state index contributed by atoms with van der Waals surface area (Å²) in [5, 5.41) is 0. The zero-order valence-corrected chi connectivity index (χ0v) is 9.05. The molecule has 0 spiro atoms. The molecule has 2 saturated carbocycles. The number of rotatable bonds is 0. The standard InChI is InChI=1S/C12H20F2/c1-7-5-9-4-3-8(2)12(14)11(9)10(13)6-7/h7-12H,3-6H2,1-2H3. The molecule has 0 aromatic carbocycles. The Bertz CT molecular complexity index is 204. The lowest BCUT2D eigenvalue weighted by Gasteiger charge is -2.44. The van der Waals surface area contributed by atoms with E-state index in [-0.39, 0.29) is 11.8 Å². The number of hydrogen-bond donors (Lipinski definition) is 0. The highest BCUT2D eigenvalue weighted by Crippen LogP contribution is 2.46. The van der Waals surface area contributed by atoms with Crippen LogP contribution in [-0.2, 0) is 0 Å². The van der Waals surface area contributed by atoms with Crippen molar-refractivity contribution in [3.63, 3.8) is 0 Å². The van der Waals surface area contributed by atoms with Crippen LogP contribution in [-0.4, -0.2) is 12.3 Å². The minimum absolute atomic E-state index is 0.0721. The third-order valence-corrected chi connectivity index (χ3v) is 4.20. The Kier molecular flexibility index (Phi) is 2.81. The second-order valence-corrected chi connectivity index (χ2v) is 5.43. The van der Waals surface area contributed by atoms with Crippen molar-refractivity contribution in [3.05, 3.63) is 0 Å². The van der Waals surface area contributed by atoms with Gasteiger partial charge in [0.15, 0.2) is 0 Å². The number of alkyl halides is 2. The zero-order valence-electron chi connectivity index (χ0n) is 9.05. The number of fused-ring (bicyclic) bond motifs is 1. The van der Waals surface area contributed by atoms with Gasteiger partial charge < -0.3 is 0 Å². The molecule has 0 radical (unpaired) electrons. The van der Waals surface area contributed by atoms with E-state index in [1.807, 2.05) is 6.92 Å². The first-order chi connectivity index (χ1) is 6.59. The largest absolute Gasteiger partial charge is 0.247 e. The SMILES string of the molecule is CC1CC(F)C2C(CCC(C)C2F)C1. The lowest BCUT2D eigenvalue weighted by molar-refractivity contribution is -0.0346. The average molecular weight is 202 g/mol. The minimum Gasteiger partial charge on any atom is -0.247 e. The van der Waals surface area contributed by atoms with Gasteiger partial charge in [-0.05, 0) is 43.4 Å². The molecule has 0 saturated heterocycles. The van der Waals surface area contributed by atoms with Gasteiger partial charge in [0.05, 0.1) is 0 Å². The fraction of sp³-hybridized carbons (Fsp3) is 1.00. The van der Waals surface area contributed by atoms with Crippen LogP contribution in [0.1, 0.15) is 39.5 Å². The molecule has 2 aliphatic carbocycles. The molecular formula is C12H20F2. The number of halogens is 2. The Morgan fingerprint density at radius 1 is 1.00 bits per heavy atom. The summed E-state index contributed by atoms with van der Waals surface area (Å²) in [7, 11) is 0. The van der Waals surface area contributed by atoms with Gasteiger partial charge in [-0.15, -0.1) is 0 Å². The molecule has 0 bridgehead atoms. The van der Waals surface area contributed by atoms with Crippen molar-refractivity contribution in [1.82, 2.24) is 0 Å². The summed E-state index contributed by atoms with van der Waals surface area (Å²) in [5.41, 5.74) is 0. The average Bonchev–Trinajstić information content (AvgIpc) is 2.10. The molecule has 82 valence electrons.